The van der Waals surface area contributed by atoms with E-state index in [-0.39, 0.29) is 31.7 Å². The quantitative estimate of drug-likeness (QED) is 0.347. The number of hydrogen-bond acceptors (Lipinski definition) is 6. The molecule has 146 valence electrons. The van der Waals surface area contributed by atoms with Crippen molar-refractivity contribution in [3.63, 3.8) is 0 Å². The molecule has 2 amide bonds. The number of carbonyl (C=O) groups excluding carboxylic acids is 3. The van der Waals surface area contributed by atoms with Gasteiger partial charge in [0.15, 0.2) is 5.75 Å². The molecule has 13 heteroatoms. The topological polar surface area (TPSA) is 108 Å². The Morgan fingerprint density at radius 1 is 1.26 bits per heavy atom. The second kappa shape index (κ2) is 8.46. The van der Waals surface area contributed by atoms with Gasteiger partial charge in [0.05, 0.1) is 15.3 Å². The maximum Gasteiger partial charge on any atom is 0.412 e. The van der Waals surface area contributed by atoms with Crippen LogP contribution in [0.2, 0.25) is 10.0 Å². The molecule has 27 heavy (non-hydrogen) atoms. The van der Waals surface area contributed by atoms with Gasteiger partial charge >= 0.3 is 12.1 Å². The summed E-state index contributed by atoms with van der Waals surface area (Å²) in [6.45, 7) is 0.650. The Labute approximate surface area is 181 Å². The molecule has 0 fully saturated rings. The molecule has 0 saturated heterocycles. The van der Waals surface area contributed by atoms with Crippen LogP contribution in [0.15, 0.2) is 6.07 Å². The Hall–Kier alpha value is -1.16. The number of esters is 1. The normalized spacial score (nSPS) is 11.3. The van der Waals surface area contributed by atoms with Crippen LogP contribution >= 0.6 is 69.3 Å². The third-order valence-corrected chi connectivity index (χ3v) is 5.13. The first-order valence-electron chi connectivity index (χ1n) is 6.84. The highest BCUT2D eigenvalue weighted by atomic mass is 35.6. The average molecular weight is 495 g/mol. The van der Waals surface area contributed by atoms with Crippen molar-refractivity contribution >= 4 is 102 Å². The molecule has 3 N–H and O–H groups in total. The molecule has 0 spiro atoms. The second-order valence-electron chi connectivity index (χ2n) is 4.96. The van der Waals surface area contributed by atoms with Crippen molar-refractivity contribution in [3.05, 3.63) is 21.7 Å². The smallest absolute Gasteiger partial charge is 0.412 e. The third kappa shape index (κ3) is 5.43. The molecule has 0 aliphatic carbocycles. The Bertz CT molecular complexity index is 940. The van der Waals surface area contributed by atoms with Crippen molar-refractivity contribution in [2.75, 3.05) is 11.9 Å². The van der Waals surface area contributed by atoms with Gasteiger partial charge in [-0.15, -0.1) is 11.3 Å². The van der Waals surface area contributed by atoms with Gasteiger partial charge in [0.2, 0.25) is 3.79 Å². The zero-order valence-corrected chi connectivity index (χ0v) is 17.8. The summed E-state index contributed by atoms with van der Waals surface area (Å²) in [4.78, 5) is 35.0. The van der Waals surface area contributed by atoms with Gasteiger partial charge in [0, 0.05) is 12.3 Å². The number of thiophene rings is 1. The molecule has 0 saturated carbocycles. The van der Waals surface area contributed by atoms with E-state index in [2.05, 4.69) is 5.32 Å². The van der Waals surface area contributed by atoms with E-state index in [9.17, 15) is 14.4 Å². The first kappa shape index (κ1) is 22.1. The van der Waals surface area contributed by atoms with E-state index in [0.29, 0.717) is 4.70 Å². The lowest BCUT2D eigenvalue weighted by Crippen LogP contribution is -2.22. The molecule has 0 aliphatic rings. The minimum Gasteiger partial charge on any atom is -0.445 e. The number of alkyl halides is 3. The van der Waals surface area contributed by atoms with Crippen LogP contribution in [-0.4, -0.2) is 28.4 Å². The second-order valence-corrected chi connectivity index (χ2v) is 9.28. The first-order chi connectivity index (χ1) is 12.4. The highest BCUT2D eigenvalue weighted by Crippen LogP contribution is 2.46. The summed E-state index contributed by atoms with van der Waals surface area (Å²) < 4.78 is 8.24. The van der Waals surface area contributed by atoms with E-state index in [1.165, 1.54) is 13.0 Å². The van der Waals surface area contributed by atoms with Crippen LogP contribution in [-0.2, 0) is 9.53 Å². The third-order valence-electron chi connectivity index (χ3n) is 2.91. The molecule has 1 aromatic carbocycles. The number of nitrogens with one attached hydrogen (secondary N) is 1. The van der Waals surface area contributed by atoms with Crippen LogP contribution in [0.25, 0.3) is 10.1 Å². The summed E-state index contributed by atoms with van der Waals surface area (Å²) in [5, 5.41) is 2.58. The van der Waals surface area contributed by atoms with Gasteiger partial charge in [0.25, 0.3) is 5.91 Å². The van der Waals surface area contributed by atoms with E-state index in [4.69, 9.17) is 73.2 Å². The molecule has 1 heterocycles. The molecule has 2 rings (SSSR count). The maximum atomic E-state index is 11.9. The zero-order valence-electron chi connectivity index (χ0n) is 13.2. The van der Waals surface area contributed by atoms with Gasteiger partial charge in [-0.1, -0.05) is 58.0 Å². The predicted molar refractivity (Wildman–Crippen MR) is 107 cm³/mol. The lowest BCUT2D eigenvalue weighted by Gasteiger charge is -2.11. The molecule has 2 aromatic rings. The number of anilines is 1. The minimum absolute atomic E-state index is 0.0201. The molecule has 0 bridgehead atoms. The van der Waals surface area contributed by atoms with Crippen LogP contribution in [0.5, 0.6) is 5.75 Å². The van der Waals surface area contributed by atoms with Gasteiger partial charge in [-0.2, -0.15) is 0 Å². The van der Waals surface area contributed by atoms with Crippen molar-refractivity contribution < 1.29 is 23.9 Å². The molecule has 0 atom stereocenters. The van der Waals surface area contributed by atoms with Gasteiger partial charge in [-0.3, -0.25) is 14.9 Å². The fourth-order valence-corrected chi connectivity index (χ4v) is 3.91. The predicted octanol–water partition coefficient (Wildman–Crippen LogP) is 5.15. The SMILES string of the molecule is CC(=O)Oc1c(Cl)cc2c(C(N)=O)c(NC(=O)OCC(Cl)(Cl)Cl)sc2c1Cl. The molecule has 1 aromatic heterocycles. The number of nitrogens with two attached hydrogens (primary N) is 1. The monoisotopic (exact) mass is 492 g/mol. The van der Waals surface area contributed by atoms with Gasteiger partial charge in [0.1, 0.15) is 16.6 Å². The summed E-state index contributed by atoms with van der Waals surface area (Å²) in [6.07, 6.45) is -0.988. The number of carbonyl (C=O) groups is 3. The van der Waals surface area contributed by atoms with Crippen LogP contribution in [0.3, 0.4) is 0 Å². The highest BCUT2D eigenvalue weighted by Gasteiger charge is 2.26. The Morgan fingerprint density at radius 2 is 1.89 bits per heavy atom. The van der Waals surface area contributed by atoms with Crippen molar-refractivity contribution in [2.24, 2.45) is 5.73 Å². The molecular formula is C14H9Cl5N2O5S. The maximum absolute atomic E-state index is 11.9. The lowest BCUT2D eigenvalue weighted by atomic mass is 10.1. The van der Waals surface area contributed by atoms with E-state index in [0.717, 1.165) is 11.3 Å². The number of halogens is 5. The fraction of sp³-hybridized carbons (Fsp3) is 0.214. The Kier molecular flexibility index (Phi) is 6.94. The Morgan fingerprint density at radius 3 is 2.41 bits per heavy atom. The van der Waals surface area contributed by atoms with Gasteiger partial charge in [-0.25, -0.2) is 4.79 Å². The van der Waals surface area contributed by atoms with Gasteiger partial charge < -0.3 is 15.2 Å². The highest BCUT2D eigenvalue weighted by molar-refractivity contribution is 7.24. The number of amides is 2. The average Bonchev–Trinajstić information content (AvgIpc) is 2.86. The number of primary amides is 1. The number of benzene rings is 1. The van der Waals surface area contributed by atoms with E-state index in [1.807, 2.05) is 0 Å². The van der Waals surface area contributed by atoms with Crippen molar-refractivity contribution in [1.29, 1.82) is 0 Å². The summed E-state index contributed by atoms with van der Waals surface area (Å²) in [5.41, 5.74) is 5.35. The number of fused-ring (bicyclic) bond motifs is 1. The molecular weight excluding hydrogens is 485 g/mol. The Balaban J connectivity index is 2.49. The van der Waals surface area contributed by atoms with Crippen molar-refractivity contribution in [3.8, 4) is 5.75 Å². The first-order valence-corrected chi connectivity index (χ1v) is 9.54. The summed E-state index contributed by atoms with van der Waals surface area (Å²) in [6, 6.07) is 1.34. The number of hydrogen-bond donors (Lipinski definition) is 2. The summed E-state index contributed by atoms with van der Waals surface area (Å²) in [7, 11) is 0. The zero-order chi connectivity index (χ0) is 20.5. The molecule has 0 radical (unpaired) electrons. The number of rotatable bonds is 4. The van der Waals surface area contributed by atoms with Gasteiger partial charge in [-0.05, 0) is 6.07 Å². The van der Waals surface area contributed by atoms with Crippen LogP contribution < -0.4 is 15.8 Å². The van der Waals surface area contributed by atoms with Crippen LogP contribution in [0.1, 0.15) is 17.3 Å². The molecule has 0 aliphatic heterocycles. The van der Waals surface area contributed by atoms with E-state index >= 15 is 0 Å². The minimum atomic E-state index is -1.81. The summed E-state index contributed by atoms with van der Waals surface area (Å²) >= 11 is 29.7. The van der Waals surface area contributed by atoms with E-state index in [1.54, 1.807) is 0 Å². The largest absolute Gasteiger partial charge is 0.445 e. The summed E-state index contributed by atoms with van der Waals surface area (Å²) in [5.74, 6) is -1.58. The fourth-order valence-electron chi connectivity index (χ4n) is 1.99. The van der Waals surface area contributed by atoms with Crippen LogP contribution in [0.4, 0.5) is 9.80 Å². The molecule has 0 unspecified atom stereocenters. The standard InChI is InChI=1S/C14H9Cl5N2O5S/c1-4(22)26-9-6(15)2-5-7(11(20)23)12(27-10(5)8(9)16)21-13(24)25-3-14(17,18)19/h2H,3H2,1H3,(H2,20,23)(H,21,24). The van der Waals surface area contributed by atoms with Crippen LogP contribution in [0, 0.1) is 0 Å². The number of ether oxygens (including phenoxy) is 2. The van der Waals surface area contributed by atoms with Crippen molar-refractivity contribution in [1.82, 2.24) is 0 Å². The molecule has 7 nitrogen and oxygen atoms in total. The van der Waals surface area contributed by atoms with Crippen molar-refractivity contribution in [2.45, 2.75) is 10.7 Å². The lowest BCUT2D eigenvalue weighted by molar-refractivity contribution is -0.131. The van der Waals surface area contributed by atoms with E-state index < -0.39 is 28.4 Å².